The summed E-state index contributed by atoms with van der Waals surface area (Å²) >= 11 is 13.9. The maximum Gasteiger partial charge on any atom is 0.261 e. The van der Waals surface area contributed by atoms with E-state index in [1.807, 2.05) is 13.8 Å². The number of halogens is 3. The molecule has 16 heavy (non-hydrogen) atoms. The minimum Gasteiger partial charge on any atom is -0.351 e. The zero-order chi connectivity index (χ0) is 12.3. The summed E-state index contributed by atoms with van der Waals surface area (Å²) in [5, 5.41) is 2.88. The van der Waals surface area contributed by atoms with E-state index in [1.165, 1.54) is 11.3 Å². The first-order valence-corrected chi connectivity index (χ1v) is 7.58. The van der Waals surface area contributed by atoms with Crippen molar-refractivity contribution < 1.29 is 4.79 Å². The van der Waals surface area contributed by atoms with Gasteiger partial charge in [0, 0.05) is 16.9 Å². The summed E-state index contributed by atoms with van der Waals surface area (Å²) in [6.07, 6.45) is 0. The lowest BCUT2D eigenvalue weighted by Gasteiger charge is -2.21. The number of hydrogen-bond acceptors (Lipinski definition) is 2. The topological polar surface area (TPSA) is 29.1 Å². The summed E-state index contributed by atoms with van der Waals surface area (Å²) in [5.74, 6) is 0.458. The maximum absolute atomic E-state index is 11.8. The molecule has 0 aliphatic rings. The number of hydrogen-bond donors (Lipinski definition) is 1. The maximum atomic E-state index is 11.8. The van der Waals surface area contributed by atoms with Crippen molar-refractivity contribution in [2.24, 2.45) is 5.41 Å². The van der Waals surface area contributed by atoms with E-state index in [0.717, 1.165) is 8.26 Å². The van der Waals surface area contributed by atoms with E-state index in [0.29, 0.717) is 17.3 Å². The fourth-order valence-electron chi connectivity index (χ4n) is 0.912. The zero-order valence-corrected chi connectivity index (χ0v) is 13.7. The van der Waals surface area contributed by atoms with Crippen molar-refractivity contribution in [1.82, 2.24) is 5.32 Å². The predicted molar refractivity (Wildman–Crippen MR) is 76.6 cm³/mol. The number of carbonyl (C=O) groups excluding carboxylic acids is 1. The zero-order valence-electron chi connectivity index (χ0n) is 8.94. The largest absolute Gasteiger partial charge is 0.351 e. The fraction of sp³-hybridized carbons (Fsp3) is 0.500. The van der Waals surface area contributed by atoms with E-state index in [4.69, 9.17) is 11.6 Å². The Balaban J connectivity index is 2.60. The Bertz CT molecular complexity index is 373. The summed E-state index contributed by atoms with van der Waals surface area (Å²) in [6, 6.07) is 1.80. The summed E-state index contributed by atoms with van der Waals surface area (Å²) in [4.78, 5) is 12.5. The second-order valence-corrected chi connectivity index (χ2v) is 7.70. The van der Waals surface area contributed by atoms with Crippen molar-refractivity contribution in [1.29, 1.82) is 0 Å². The molecule has 0 aliphatic carbocycles. The van der Waals surface area contributed by atoms with Crippen LogP contribution in [-0.2, 0) is 0 Å². The normalized spacial score (nSPS) is 11.6. The second kappa shape index (κ2) is 5.85. The van der Waals surface area contributed by atoms with Crippen LogP contribution in [0.4, 0.5) is 0 Å². The Hall–Kier alpha value is 0.420. The van der Waals surface area contributed by atoms with Gasteiger partial charge in [-0.1, -0.05) is 13.8 Å². The number of rotatable bonds is 4. The summed E-state index contributed by atoms with van der Waals surface area (Å²) < 4.78 is 1.83. The number of thiophene rings is 1. The lowest BCUT2D eigenvalue weighted by atomic mass is 9.96. The van der Waals surface area contributed by atoms with Crippen molar-refractivity contribution in [3.05, 3.63) is 19.2 Å². The van der Waals surface area contributed by atoms with Crippen molar-refractivity contribution in [2.75, 3.05) is 12.4 Å². The Morgan fingerprint density at radius 2 is 2.19 bits per heavy atom. The number of amides is 1. The van der Waals surface area contributed by atoms with Crippen molar-refractivity contribution in [3.8, 4) is 0 Å². The van der Waals surface area contributed by atoms with Gasteiger partial charge in [0.05, 0.1) is 8.66 Å². The van der Waals surface area contributed by atoms with E-state index < -0.39 is 0 Å². The third-order valence-electron chi connectivity index (χ3n) is 1.96. The van der Waals surface area contributed by atoms with Gasteiger partial charge in [-0.2, -0.15) is 0 Å². The molecule has 1 amide bonds. The molecule has 0 fully saturated rings. The van der Waals surface area contributed by atoms with Gasteiger partial charge in [0.2, 0.25) is 0 Å². The third-order valence-corrected chi connectivity index (χ3v) is 5.94. The molecule has 0 saturated heterocycles. The monoisotopic (exact) mass is 387 g/mol. The molecule has 0 atom stereocenters. The molecular weight excluding hydrogens is 377 g/mol. The molecule has 0 aliphatic heterocycles. The van der Waals surface area contributed by atoms with Gasteiger partial charge in [-0.05, 0) is 43.3 Å². The first kappa shape index (κ1) is 14.5. The Morgan fingerprint density at radius 3 is 2.62 bits per heavy atom. The molecule has 0 radical (unpaired) electrons. The van der Waals surface area contributed by atoms with Crippen LogP contribution in [-0.4, -0.2) is 18.3 Å². The minimum atomic E-state index is -0.0804. The molecule has 1 aromatic rings. The van der Waals surface area contributed by atoms with Crippen LogP contribution in [0.3, 0.4) is 0 Å². The Kier molecular flexibility index (Phi) is 5.29. The molecule has 6 heteroatoms. The number of nitrogens with one attached hydrogen (secondary N) is 1. The van der Waals surface area contributed by atoms with Gasteiger partial charge in [-0.15, -0.1) is 22.9 Å². The Morgan fingerprint density at radius 1 is 1.56 bits per heavy atom. The molecule has 1 aromatic heterocycles. The molecule has 0 saturated carbocycles. The van der Waals surface area contributed by atoms with Gasteiger partial charge in [0.1, 0.15) is 0 Å². The average Bonchev–Trinajstić information content (AvgIpc) is 2.56. The van der Waals surface area contributed by atoms with E-state index in [9.17, 15) is 4.79 Å². The minimum absolute atomic E-state index is 0.0606. The van der Waals surface area contributed by atoms with Crippen LogP contribution in [0.5, 0.6) is 0 Å². The van der Waals surface area contributed by atoms with Crippen LogP contribution in [0.15, 0.2) is 14.3 Å². The van der Waals surface area contributed by atoms with Crippen LogP contribution >= 0.6 is 54.8 Å². The highest BCUT2D eigenvalue weighted by molar-refractivity contribution is 9.13. The first-order valence-electron chi connectivity index (χ1n) is 4.65. The molecule has 0 unspecified atom stereocenters. The smallest absolute Gasteiger partial charge is 0.261 e. The van der Waals surface area contributed by atoms with E-state index in [-0.39, 0.29) is 11.3 Å². The lowest BCUT2D eigenvalue weighted by molar-refractivity contribution is 0.0944. The Labute approximate surface area is 121 Å². The summed E-state index contributed by atoms with van der Waals surface area (Å²) in [6.45, 7) is 4.60. The van der Waals surface area contributed by atoms with E-state index >= 15 is 0 Å². The molecule has 1 rings (SSSR count). The van der Waals surface area contributed by atoms with Gasteiger partial charge in [0.25, 0.3) is 5.91 Å². The van der Waals surface area contributed by atoms with Crippen LogP contribution in [0, 0.1) is 5.41 Å². The number of alkyl halides is 1. The molecule has 0 aromatic carbocycles. The highest BCUT2D eigenvalue weighted by atomic mass is 79.9. The predicted octanol–water partition coefficient (Wildman–Crippen LogP) is 4.27. The lowest BCUT2D eigenvalue weighted by Crippen LogP contribution is -2.34. The van der Waals surface area contributed by atoms with Gasteiger partial charge in [0.15, 0.2) is 0 Å². The highest BCUT2D eigenvalue weighted by Crippen LogP contribution is 2.32. The van der Waals surface area contributed by atoms with Crippen LogP contribution in [0.2, 0.25) is 0 Å². The van der Waals surface area contributed by atoms with Gasteiger partial charge >= 0.3 is 0 Å². The van der Waals surface area contributed by atoms with Crippen LogP contribution in [0.25, 0.3) is 0 Å². The van der Waals surface area contributed by atoms with E-state index in [2.05, 4.69) is 37.2 Å². The highest BCUT2D eigenvalue weighted by Gasteiger charge is 2.19. The van der Waals surface area contributed by atoms with Crippen LogP contribution < -0.4 is 5.32 Å². The van der Waals surface area contributed by atoms with Crippen molar-refractivity contribution in [3.63, 3.8) is 0 Å². The summed E-state index contributed by atoms with van der Waals surface area (Å²) in [5.41, 5.74) is -0.0804. The second-order valence-electron chi connectivity index (χ2n) is 4.21. The fourth-order valence-corrected chi connectivity index (χ4v) is 2.96. The van der Waals surface area contributed by atoms with Crippen molar-refractivity contribution in [2.45, 2.75) is 13.8 Å². The van der Waals surface area contributed by atoms with Gasteiger partial charge < -0.3 is 5.32 Å². The molecule has 2 nitrogen and oxygen atoms in total. The quantitative estimate of drug-likeness (QED) is 0.766. The van der Waals surface area contributed by atoms with Gasteiger partial charge in [-0.3, -0.25) is 4.79 Å². The van der Waals surface area contributed by atoms with Crippen molar-refractivity contribution >= 4 is 60.7 Å². The van der Waals surface area contributed by atoms with E-state index in [1.54, 1.807) is 6.07 Å². The first-order chi connectivity index (χ1) is 7.35. The molecule has 0 spiro atoms. The average molecular weight is 390 g/mol. The molecular formula is C10H12Br2ClNOS. The SMILES string of the molecule is CC(C)(CCl)CNC(=O)c1cc(Br)c(Br)s1. The molecule has 0 bridgehead atoms. The molecule has 1 heterocycles. The molecule has 90 valence electrons. The summed E-state index contributed by atoms with van der Waals surface area (Å²) in [7, 11) is 0. The van der Waals surface area contributed by atoms with Crippen LogP contribution in [0.1, 0.15) is 23.5 Å². The molecule has 1 N–H and O–H groups in total. The van der Waals surface area contributed by atoms with Gasteiger partial charge in [-0.25, -0.2) is 0 Å². The third kappa shape index (κ3) is 4.02. The standard InChI is InChI=1S/C10H12Br2ClNOS/c1-10(2,4-13)5-14-9(15)7-3-6(11)8(12)16-7/h3H,4-5H2,1-2H3,(H,14,15). The number of carbonyl (C=O) groups is 1.